The molecule has 1 aliphatic heterocycles. The molecule has 1 aromatic heterocycles. The van der Waals surface area contributed by atoms with Crippen molar-refractivity contribution in [1.29, 1.82) is 0 Å². The summed E-state index contributed by atoms with van der Waals surface area (Å²) in [6.45, 7) is 10.3. The zero-order valence-corrected chi connectivity index (χ0v) is 18.5. The first kappa shape index (κ1) is 21.6. The average Bonchev–Trinajstić information content (AvgIpc) is 3.26. The number of rotatable bonds is 9. The van der Waals surface area contributed by atoms with E-state index in [0.29, 0.717) is 6.61 Å². The maximum atomic E-state index is 6.48. The van der Waals surface area contributed by atoms with Crippen molar-refractivity contribution < 1.29 is 9.47 Å². The zero-order valence-electron chi connectivity index (χ0n) is 18.5. The summed E-state index contributed by atoms with van der Waals surface area (Å²) < 4.78 is 12.0. The van der Waals surface area contributed by atoms with Gasteiger partial charge in [0.15, 0.2) is 0 Å². The van der Waals surface area contributed by atoms with Crippen LogP contribution in [0.15, 0.2) is 36.5 Å². The molecular formula is C26H35NO2. The van der Waals surface area contributed by atoms with E-state index in [2.05, 4.69) is 58.0 Å². The maximum absolute atomic E-state index is 6.48. The third-order valence-electron chi connectivity index (χ3n) is 5.62. The molecule has 0 N–H and O–H groups in total. The summed E-state index contributed by atoms with van der Waals surface area (Å²) in [4.78, 5) is 4.93. The summed E-state index contributed by atoms with van der Waals surface area (Å²) >= 11 is 0. The molecule has 1 aliphatic rings. The molecule has 1 aromatic carbocycles. The van der Waals surface area contributed by atoms with Crippen LogP contribution in [0.1, 0.15) is 70.1 Å². The summed E-state index contributed by atoms with van der Waals surface area (Å²) in [6, 6.07) is 8.76. The van der Waals surface area contributed by atoms with Crippen molar-refractivity contribution in [3.8, 4) is 17.0 Å². The van der Waals surface area contributed by atoms with Crippen molar-refractivity contribution in [2.45, 2.75) is 72.3 Å². The molecule has 3 heteroatoms. The third kappa shape index (κ3) is 5.08. The Morgan fingerprint density at radius 1 is 1.17 bits per heavy atom. The standard InChI is InChI=1S/C26H35NO2/c1-5-10-21(11-6-2)23-17-27-24(16-25(23)29-22-14-15-28-18-22)26-19(7-3)12-9-13-20(26)8-4/h9-10,12-13,16-17,22H,5-8,11,14-15,18H2,1-4H3/t22-/m1/s1. The van der Waals surface area contributed by atoms with Gasteiger partial charge in [-0.3, -0.25) is 4.98 Å². The van der Waals surface area contributed by atoms with Crippen LogP contribution in [-0.4, -0.2) is 24.3 Å². The number of pyridine rings is 1. The van der Waals surface area contributed by atoms with Crippen LogP contribution in [-0.2, 0) is 17.6 Å². The van der Waals surface area contributed by atoms with E-state index in [0.717, 1.165) is 62.1 Å². The van der Waals surface area contributed by atoms with Gasteiger partial charge in [0.25, 0.3) is 0 Å². The topological polar surface area (TPSA) is 31.4 Å². The molecule has 1 atom stereocenters. The van der Waals surface area contributed by atoms with E-state index in [9.17, 15) is 0 Å². The van der Waals surface area contributed by atoms with Gasteiger partial charge in [0.05, 0.1) is 18.9 Å². The van der Waals surface area contributed by atoms with Crippen LogP contribution in [0.4, 0.5) is 0 Å². The first-order valence-corrected chi connectivity index (χ1v) is 11.3. The van der Waals surface area contributed by atoms with Gasteiger partial charge >= 0.3 is 0 Å². The van der Waals surface area contributed by atoms with E-state index >= 15 is 0 Å². The van der Waals surface area contributed by atoms with E-state index in [1.807, 2.05) is 6.20 Å². The van der Waals surface area contributed by atoms with Crippen LogP contribution in [0.2, 0.25) is 0 Å². The quantitative estimate of drug-likeness (QED) is 0.479. The van der Waals surface area contributed by atoms with Crippen LogP contribution < -0.4 is 4.74 Å². The fourth-order valence-corrected chi connectivity index (χ4v) is 4.13. The minimum atomic E-state index is 0.126. The van der Waals surface area contributed by atoms with Crippen molar-refractivity contribution >= 4 is 5.57 Å². The smallest absolute Gasteiger partial charge is 0.131 e. The fraction of sp³-hybridized carbons (Fsp3) is 0.500. The monoisotopic (exact) mass is 393 g/mol. The van der Waals surface area contributed by atoms with Crippen LogP contribution in [0.3, 0.4) is 0 Å². The summed E-state index contributed by atoms with van der Waals surface area (Å²) in [5.74, 6) is 0.951. The Morgan fingerprint density at radius 3 is 2.52 bits per heavy atom. The Morgan fingerprint density at radius 2 is 1.93 bits per heavy atom. The number of benzene rings is 1. The van der Waals surface area contributed by atoms with Crippen molar-refractivity contribution in [3.63, 3.8) is 0 Å². The Hall–Kier alpha value is -2.13. The van der Waals surface area contributed by atoms with E-state index in [-0.39, 0.29) is 6.10 Å². The van der Waals surface area contributed by atoms with Gasteiger partial charge < -0.3 is 9.47 Å². The average molecular weight is 394 g/mol. The van der Waals surface area contributed by atoms with E-state index in [1.54, 1.807) is 0 Å². The summed E-state index contributed by atoms with van der Waals surface area (Å²) in [5.41, 5.74) is 7.45. The van der Waals surface area contributed by atoms with Crippen LogP contribution in [0, 0.1) is 0 Å². The number of ether oxygens (including phenoxy) is 2. The van der Waals surface area contributed by atoms with Gasteiger partial charge in [-0.2, -0.15) is 0 Å². The first-order valence-electron chi connectivity index (χ1n) is 11.3. The largest absolute Gasteiger partial charge is 0.487 e. The predicted molar refractivity (Wildman–Crippen MR) is 121 cm³/mol. The predicted octanol–water partition coefficient (Wildman–Crippen LogP) is 6.63. The van der Waals surface area contributed by atoms with Crippen molar-refractivity contribution in [2.75, 3.05) is 13.2 Å². The van der Waals surface area contributed by atoms with Gasteiger partial charge in [-0.05, 0) is 42.4 Å². The minimum Gasteiger partial charge on any atom is -0.487 e. The van der Waals surface area contributed by atoms with Gasteiger partial charge in [-0.1, -0.05) is 58.4 Å². The van der Waals surface area contributed by atoms with Gasteiger partial charge in [0, 0.05) is 29.8 Å². The molecule has 0 saturated carbocycles. The molecule has 29 heavy (non-hydrogen) atoms. The second-order valence-corrected chi connectivity index (χ2v) is 7.72. The fourth-order valence-electron chi connectivity index (χ4n) is 4.13. The highest BCUT2D eigenvalue weighted by molar-refractivity contribution is 5.75. The van der Waals surface area contributed by atoms with Crippen molar-refractivity contribution in [1.82, 2.24) is 4.98 Å². The molecular weight excluding hydrogens is 358 g/mol. The van der Waals surface area contributed by atoms with Gasteiger partial charge in [0.1, 0.15) is 11.9 Å². The summed E-state index contributed by atoms with van der Waals surface area (Å²) in [6.07, 6.45) is 10.6. The SMILES string of the molecule is CCC=C(CCC)c1cnc(-c2c(CC)cccc2CC)cc1O[C@@H]1CCOC1. The Bertz CT molecular complexity index is 812. The Labute approximate surface area is 176 Å². The lowest BCUT2D eigenvalue weighted by molar-refractivity contribution is 0.141. The molecule has 1 saturated heterocycles. The van der Waals surface area contributed by atoms with Gasteiger partial charge in [-0.15, -0.1) is 0 Å². The number of nitrogens with zero attached hydrogens (tertiary/aromatic N) is 1. The molecule has 2 aromatic rings. The Kier molecular flexibility index (Phi) is 7.88. The molecule has 2 heterocycles. The maximum Gasteiger partial charge on any atom is 0.131 e. The van der Waals surface area contributed by atoms with E-state index in [1.165, 1.54) is 22.3 Å². The normalized spacial score (nSPS) is 17.0. The van der Waals surface area contributed by atoms with Crippen LogP contribution in [0.25, 0.3) is 16.8 Å². The lowest BCUT2D eigenvalue weighted by Gasteiger charge is -2.20. The second kappa shape index (κ2) is 10.6. The van der Waals surface area contributed by atoms with Gasteiger partial charge in [-0.25, -0.2) is 0 Å². The van der Waals surface area contributed by atoms with E-state index in [4.69, 9.17) is 14.5 Å². The van der Waals surface area contributed by atoms with E-state index < -0.39 is 0 Å². The highest BCUT2D eigenvalue weighted by Gasteiger charge is 2.21. The van der Waals surface area contributed by atoms with Crippen LogP contribution >= 0.6 is 0 Å². The molecule has 156 valence electrons. The molecule has 0 amide bonds. The molecule has 0 bridgehead atoms. The highest BCUT2D eigenvalue weighted by Crippen LogP contribution is 2.36. The lowest BCUT2D eigenvalue weighted by Crippen LogP contribution is -2.17. The number of hydrogen-bond acceptors (Lipinski definition) is 3. The number of hydrogen-bond donors (Lipinski definition) is 0. The molecule has 0 spiro atoms. The first-order chi connectivity index (χ1) is 14.2. The molecule has 3 rings (SSSR count). The minimum absolute atomic E-state index is 0.126. The Balaban J connectivity index is 2.10. The van der Waals surface area contributed by atoms with Gasteiger partial charge in [0.2, 0.25) is 0 Å². The lowest BCUT2D eigenvalue weighted by atomic mass is 9.93. The number of aryl methyl sites for hydroxylation is 2. The van der Waals surface area contributed by atoms with Crippen molar-refractivity contribution in [3.05, 3.63) is 53.2 Å². The number of allylic oxidation sites excluding steroid dienone is 2. The molecule has 0 radical (unpaired) electrons. The summed E-state index contributed by atoms with van der Waals surface area (Å²) in [5, 5.41) is 0. The number of aromatic nitrogens is 1. The zero-order chi connectivity index (χ0) is 20.6. The summed E-state index contributed by atoms with van der Waals surface area (Å²) in [7, 11) is 0. The van der Waals surface area contributed by atoms with Crippen molar-refractivity contribution in [2.24, 2.45) is 0 Å². The third-order valence-corrected chi connectivity index (χ3v) is 5.62. The van der Waals surface area contributed by atoms with Crippen LogP contribution in [0.5, 0.6) is 5.75 Å². The molecule has 0 aliphatic carbocycles. The second-order valence-electron chi connectivity index (χ2n) is 7.72. The highest BCUT2D eigenvalue weighted by atomic mass is 16.5. The molecule has 3 nitrogen and oxygen atoms in total. The molecule has 0 unspecified atom stereocenters. The molecule has 1 fully saturated rings.